The maximum absolute atomic E-state index is 11.5. The number of hydrogen-bond donors (Lipinski definition) is 0. The molecule has 0 saturated carbocycles. The summed E-state index contributed by atoms with van der Waals surface area (Å²) in [7, 11) is 0. The summed E-state index contributed by atoms with van der Waals surface area (Å²) in [5, 5.41) is 0.876. The number of rotatable bonds is 3. The lowest BCUT2D eigenvalue weighted by atomic mass is 10.1. The number of esters is 2. The third-order valence-corrected chi connectivity index (χ3v) is 3.43. The predicted octanol–water partition coefficient (Wildman–Crippen LogP) is 3.46. The third-order valence-electron chi connectivity index (χ3n) is 3.43. The van der Waals surface area contributed by atoms with E-state index in [1.54, 1.807) is 18.3 Å². The lowest BCUT2D eigenvalue weighted by Crippen LogP contribution is -2.08. The predicted molar refractivity (Wildman–Crippen MR) is 92.3 cm³/mol. The third kappa shape index (κ3) is 3.63. The average Bonchev–Trinajstić information content (AvgIpc) is 2.53. The van der Waals surface area contributed by atoms with Crippen molar-refractivity contribution in [1.29, 1.82) is 0 Å². The second-order valence-electron chi connectivity index (χ2n) is 5.58. The highest BCUT2D eigenvalue weighted by Crippen LogP contribution is 2.38. The van der Waals surface area contributed by atoms with Gasteiger partial charge in [-0.2, -0.15) is 0 Å². The molecule has 25 heavy (non-hydrogen) atoms. The van der Waals surface area contributed by atoms with E-state index in [0.717, 1.165) is 16.5 Å². The van der Waals surface area contributed by atoms with Crippen LogP contribution in [0.2, 0.25) is 0 Å². The largest absolute Gasteiger partial charge is 0.426 e. The average molecular weight is 336 g/mol. The van der Waals surface area contributed by atoms with Gasteiger partial charge in [-0.25, -0.2) is 9.97 Å². The Balaban J connectivity index is 2.25. The number of benzene rings is 2. The summed E-state index contributed by atoms with van der Waals surface area (Å²) in [4.78, 5) is 31.8. The maximum atomic E-state index is 11.5. The molecule has 126 valence electrons. The Hall–Kier alpha value is -3.28. The van der Waals surface area contributed by atoms with Gasteiger partial charge < -0.3 is 9.47 Å². The van der Waals surface area contributed by atoms with Crippen LogP contribution in [-0.2, 0) is 9.59 Å². The number of ether oxygens (including phenoxy) is 2. The van der Waals surface area contributed by atoms with Gasteiger partial charge in [-0.05, 0) is 30.7 Å². The number of aromatic nitrogens is 2. The van der Waals surface area contributed by atoms with Crippen LogP contribution in [0.25, 0.3) is 22.3 Å². The summed E-state index contributed by atoms with van der Waals surface area (Å²) in [5.74, 6) is -0.160. The molecule has 2 aromatic carbocycles. The van der Waals surface area contributed by atoms with Gasteiger partial charge in [-0.1, -0.05) is 18.2 Å². The molecule has 6 nitrogen and oxygen atoms in total. The van der Waals surface area contributed by atoms with Gasteiger partial charge in [0.1, 0.15) is 17.1 Å². The Morgan fingerprint density at radius 3 is 2.16 bits per heavy atom. The number of carbonyl (C=O) groups excluding carboxylic acids is 2. The number of hydrogen-bond acceptors (Lipinski definition) is 6. The van der Waals surface area contributed by atoms with Crippen LogP contribution >= 0.6 is 0 Å². The van der Waals surface area contributed by atoms with E-state index < -0.39 is 11.9 Å². The van der Waals surface area contributed by atoms with Crippen LogP contribution in [0.1, 0.15) is 19.4 Å². The molecular weight excluding hydrogens is 320 g/mol. The van der Waals surface area contributed by atoms with E-state index >= 15 is 0 Å². The minimum Gasteiger partial charge on any atom is -0.426 e. The topological polar surface area (TPSA) is 78.4 Å². The first-order valence-electron chi connectivity index (χ1n) is 7.67. The van der Waals surface area contributed by atoms with E-state index in [-0.39, 0.29) is 11.5 Å². The van der Waals surface area contributed by atoms with Crippen molar-refractivity contribution in [2.75, 3.05) is 0 Å². The Morgan fingerprint density at radius 2 is 1.56 bits per heavy atom. The standard InChI is InChI=1S/C19H16N2O4/c1-11-8-16(24-12(2)22)18(17(9-11)25-13(3)23)19-20-10-14-6-4-5-7-15(14)21-19/h4-10H,1-3H3. The summed E-state index contributed by atoms with van der Waals surface area (Å²) in [6.07, 6.45) is 1.67. The maximum Gasteiger partial charge on any atom is 0.308 e. The number of nitrogens with zero attached hydrogens (tertiary/aromatic N) is 2. The molecule has 6 heteroatoms. The number of fused-ring (bicyclic) bond motifs is 1. The van der Waals surface area contributed by atoms with E-state index in [0.29, 0.717) is 11.4 Å². The van der Waals surface area contributed by atoms with Crippen LogP contribution in [-0.4, -0.2) is 21.9 Å². The first-order chi connectivity index (χ1) is 11.9. The summed E-state index contributed by atoms with van der Waals surface area (Å²) in [6.45, 7) is 4.42. The van der Waals surface area contributed by atoms with E-state index in [9.17, 15) is 9.59 Å². The lowest BCUT2D eigenvalue weighted by molar-refractivity contribution is -0.132. The zero-order valence-corrected chi connectivity index (χ0v) is 14.1. The van der Waals surface area contributed by atoms with Crippen molar-refractivity contribution in [1.82, 2.24) is 9.97 Å². The Kier molecular flexibility index (Phi) is 4.43. The van der Waals surface area contributed by atoms with Gasteiger partial charge in [-0.3, -0.25) is 9.59 Å². The van der Waals surface area contributed by atoms with Crippen LogP contribution in [0, 0.1) is 6.92 Å². The van der Waals surface area contributed by atoms with Crippen LogP contribution < -0.4 is 9.47 Å². The van der Waals surface area contributed by atoms with Gasteiger partial charge in [-0.15, -0.1) is 0 Å². The molecule has 0 bridgehead atoms. The number of aryl methyl sites for hydroxylation is 1. The molecule has 0 spiro atoms. The highest BCUT2D eigenvalue weighted by atomic mass is 16.5. The van der Waals surface area contributed by atoms with Crippen molar-refractivity contribution in [2.45, 2.75) is 20.8 Å². The smallest absolute Gasteiger partial charge is 0.308 e. The van der Waals surface area contributed by atoms with E-state index in [1.807, 2.05) is 31.2 Å². The van der Waals surface area contributed by atoms with Crippen molar-refractivity contribution in [3.8, 4) is 22.9 Å². The summed E-state index contributed by atoms with van der Waals surface area (Å²) >= 11 is 0. The van der Waals surface area contributed by atoms with E-state index in [1.165, 1.54) is 13.8 Å². The minimum atomic E-state index is -0.485. The van der Waals surface area contributed by atoms with Crippen molar-refractivity contribution < 1.29 is 19.1 Å². The van der Waals surface area contributed by atoms with Gasteiger partial charge in [0.15, 0.2) is 5.82 Å². The molecule has 0 saturated heterocycles. The highest BCUT2D eigenvalue weighted by molar-refractivity contribution is 5.84. The quantitative estimate of drug-likeness (QED) is 0.538. The molecule has 0 aliphatic rings. The van der Waals surface area contributed by atoms with Gasteiger partial charge in [0.05, 0.1) is 5.52 Å². The van der Waals surface area contributed by atoms with Crippen LogP contribution in [0.3, 0.4) is 0 Å². The fraction of sp³-hybridized carbons (Fsp3) is 0.158. The SMILES string of the molecule is CC(=O)Oc1cc(C)cc(OC(C)=O)c1-c1ncc2ccccc2n1. The fourth-order valence-electron chi connectivity index (χ4n) is 2.50. The Labute approximate surface area is 144 Å². The fourth-order valence-corrected chi connectivity index (χ4v) is 2.50. The molecule has 3 rings (SSSR count). The van der Waals surface area contributed by atoms with Crippen molar-refractivity contribution in [2.24, 2.45) is 0 Å². The van der Waals surface area contributed by atoms with Crippen molar-refractivity contribution in [3.63, 3.8) is 0 Å². The van der Waals surface area contributed by atoms with Gasteiger partial charge in [0.2, 0.25) is 0 Å². The minimum absolute atomic E-state index is 0.249. The van der Waals surface area contributed by atoms with Gasteiger partial charge >= 0.3 is 11.9 Å². The Morgan fingerprint density at radius 1 is 0.960 bits per heavy atom. The normalized spacial score (nSPS) is 10.5. The summed E-state index contributed by atoms with van der Waals surface area (Å²) in [5.41, 5.74) is 1.87. The monoisotopic (exact) mass is 336 g/mol. The summed E-state index contributed by atoms with van der Waals surface area (Å²) < 4.78 is 10.6. The lowest BCUT2D eigenvalue weighted by Gasteiger charge is -2.14. The zero-order chi connectivity index (χ0) is 18.0. The van der Waals surface area contributed by atoms with E-state index in [2.05, 4.69) is 9.97 Å². The molecule has 0 aliphatic heterocycles. The van der Waals surface area contributed by atoms with Crippen LogP contribution in [0.5, 0.6) is 11.5 Å². The first-order valence-corrected chi connectivity index (χ1v) is 7.67. The molecule has 0 aliphatic carbocycles. The highest BCUT2D eigenvalue weighted by Gasteiger charge is 2.20. The van der Waals surface area contributed by atoms with Gasteiger partial charge in [0.25, 0.3) is 0 Å². The second kappa shape index (κ2) is 6.68. The molecule has 0 fully saturated rings. The van der Waals surface area contributed by atoms with Crippen molar-refractivity contribution >= 4 is 22.8 Å². The van der Waals surface area contributed by atoms with E-state index in [4.69, 9.17) is 9.47 Å². The second-order valence-corrected chi connectivity index (χ2v) is 5.58. The molecule has 1 aromatic heterocycles. The molecule has 3 aromatic rings. The van der Waals surface area contributed by atoms with Crippen molar-refractivity contribution in [3.05, 3.63) is 48.2 Å². The van der Waals surface area contributed by atoms with Crippen LogP contribution in [0.15, 0.2) is 42.6 Å². The molecular formula is C19H16N2O4. The van der Waals surface area contributed by atoms with Crippen LogP contribution in [0.4, 0.5) is 0 Å². The number of carbonyl (C=O) groups is 2. The molecule has 1 heterocycles. The van der Waals surface area contributed by atoms with Gasteiger partial charge in [0, 0.05) is 25.4 Å². The molecule has 0 amide bonds. The molecule has 0 N–H and O–H groups in total. The molecule has 0 unspecified atom stereocenters. The zero-order valence-electron chi connectivity index (χ0n) is 14.1. The molecule has 0 radical (unpaired) electrons. The summed E-state index contributed by atoms with van der Waals surface area (Å²) in [6, 6.07) is 10.9. The Bertz CT molecular complexity index is 945. The molecule has 0 atom stereocenters. The first kappa shape index (κ1) is 16.6. The number of para-hydroxylation sites is 1.